The van der Waals surface area contributed by atoms with Crippen molar-refractivity contribution < 1.29 is 9.53 Å². The molecule has 0 atom stereocenters. The SMILES string of the molecule is CCOC(=O)c1cnc(NCC#N)nc1C. The maximum atomic E-state index is 11.4. The summed E-state index contributed by atoms with van der Waals surface area (Å²) in [4.78, 5) is 19.4. The summed E-state index contributed by atoms with van der Waals surface area (Å²) in [6.45, 7) is 3.85. The first-order valence-electron chi connectivity index (χ1n) is 4.80. The lowest BCUT2D eigenvalue weighted by Crippen LogP contribution is -2.11. The van der Waals surface area contributed by atoms with Crippen LogP contribution in [0, 0.1) is 18.3 Å². The topological polar surface area (TPSA) is 87.9 Å². The highest BCUT2D eigenvalue weighted by Gasteiger charge is 2.12. The molecule has 1 N–H and O–H groups in total. The van der Waals surface area contributed by atoms with Gasteiger partial charge in [-0.05, 0) is 13.8 Å². The summed E-state index contributed by atoms with van der Waals surface area (Å²) in [5.41, 5.74) is 0.859. The van der Waals surface area contributed by atoms with Gasteiger partial charge in [0.25, 0.3) is 0 Å². The van der Waals surface area contributed by atoms with Gasteiger partial charge in [0.05, 0.1) is 23.9 Å². The quantitative estimate of drug-likeness (QED) is 0.599. The molecule has 16 heavy (non-hydrogen) atoms. The van der Waals surface area contributed by atoms with E-state index in [1.165, 1.54) is 6.20 Å². The highest BCUT2D eigenvalue weighted by molar-refractivity contribution is 5.90. The predicted molar refractivity (Wildman–Crippen MR) is 56.8 cm³/mol. The number of anilines is 1. The van der Waals surface area contributed by atoms with Crippen LogP contribution in [-0.2, 0) is 4.74 Å². The molecule has 6 heteroatoms. The Bertz CT molecular complexity index is 425. The van der Waals surface area contributed by atoms with Crippen molar-refractivity contribution >= 4 is 11.9 Å². The van der Waals surface area contributed by atoms with Crippen LogP contribution in [0.4, 0.5) is 5.95 Å². The number of hydrogen-bond acceptors (Lipinski definition) is 6. The maximum Gasteiger partial charge on any atom is 0.341 e. The van der Waals surface area contributed by atoms with E-state index in [4.69, 9.17) is 10.00 Å². The van der Waals surface area contributed by atoms with Crippen LogP contribution in [0.2, 0.25) is 0 Å². The molecular formula is C10H12N4O2. The molecule has 0 fully saturated rings. The van der Waals surface area contributed by atoms with Crippen molar-refractivity contribution in [2.75, 3.05) is 18.5 Å². The molecule has 1 aromatic heterocycles. The van der Waals surface area contributed by atoms with Crippen molar-refractivity contribution in [3.8, 4) is 6.07 Å². The van der Waals surface area contributed by atoms with Gasteiger partial charge < -0.3 is 10.1 Å². The van der Waals surface area contributed by atoms with Crippen molar-refractivity contribution in [1.29, 1.82) is 5.26 Å². The summed E-state index contributed by atoms with van der Waals surface area (Å²) >= 11 is 0. The number of carbonyl (C=O) groups is 1. The van der Waals surface area contributed by atoms with Gasteiger partial charge in [-0.1, -0.05) is 0 Å². The smallest absolute Gasteiger partial charge is 0.341 e. The van der Waals surface area contributed by atoms with Crippen LogP contribution in [0.1, 0.15) is 23.0 Å². The van der Waals surface area contributed by atoms with Crippen LogP contribution in [0.5, 0.6) is 0 Å². The number of rotatable bonds is 4. The number of nitrogens with zero attached hydrogens (tertiary/aromatic N) is 3. The molecule has 0 saturated carbocycles. The second-order valence-corrected chi connectivity index (χ2v) is 2.92. The molecule has 0 unspecified atom stereocenters. The Balaban J connectivity index is 2.83. The van der Waals surface area contributed by atoms with Crippen LogP contribution < -0.4 is 5.32 Å². The second kappa shape index (κ2) is 5.66. The minimum Gasteiger partial charge on any atom is -0.462 e. The summed E-state index contributed by atoms with van der Waals surface area (Å²) in [5, 5.41) is 11.1. The van der Waals surface area contributed by atoms with Gasteiger partial charge in [0.1, 0.15) is 6.54 Å². The molecule has 84 valence electrons. The van der Waals surface area contributed by atoms with Gasteiger partial charge in [-0.3, -0.25) is 0 Å². The number of hydrogen-bond donors (Lipinski definition) is 1. The van der Waals surface area contributed by atoms with Crippen LogP contribution in [-0.4, -0.2) is 29.1 Å². The molecular weight excluding hydrogens is 208 g/mol. The molecule has 0 saturated heterocycles. The van der Waals surface area contributed by atoms with Crippen molar-refractivity contribution in [3.63, 3.8) is 0 Å². The van der Waals surface area contributed by atoms with Crippen molar-refractivity contribution in [2.24, 2.45) is 0 Å². The van der Waals surface area contributed by atoms with Gasteiger partial charge >= 0.3 is 5.97 Å². The lowest BCUT2D eigenvalue weighted by atomic mass is 10.2. The molecule has 6 nitrogen and oxygen atoms in total. The first kappa shape index (κ1) is 11.9. The van der Waals surface area contributed by atoms with E-state index in [-0.39, 0.29) is 6.54 Å². The van der Waals surface area contributed by atoms with Crippen molar-refractivity contribution in [2.45, 2.75) is 13.8 Å². The second-order valence-electron chi connectivity index (χ2n) is 2.92. The van der Waals surface area contributed by atoms with Gasteiger partial charge in [0.2, 0.25) is 5.95 Å². The monoisotopic (exact) mass is 220 g/mol. The Kier molecular flexibility index (Phi) is 4.21. The maximum absolute atomic E-state index is 11.4. The first-order chi connectivity index (χ1) is 7.69. The molecule has 0 aliphatic rings. The summed E-state index contributed by atoms with van der Waals surface area (Å²) < 4.78 is 4.84. The van der Waals surface area contributed by atoms with Crippen LogP contribution in [0.15, 0.2) is 6.20 Å². The van der Waals surface area contributed by atoms with Gasteiger partial charge in [-0.15, -0.1) is 0 Å². The zero-order valence-electron chi connectivity index (χ0n) is 9.15. The van der Waals surface area contributed by atoms with Crippen molar-refractivity contribution in [3.05, 3.63) is 17.5 Å². The molecule has 0 radical (unpaired) electrons. The third kappa shape index (κ3) is 2.92. The predicted octanol–water partition coefficient (Wildman–Crippen LogP) is 0.897. The summed E-state index contributed by atoms with van der Waals surface area (Å²) in [6.07, 6.45) is 1.39. The van der Waals surface area contributed by atoms with E-state index in [0.717, 1.165) is 0 Å². The summed E-state index contributed by atoms with van der Waals surface area (Å²) in [5.74, 6) is -0.112. The fraction of sp³-hybridized carbons (Fsp3) is 0.400. The van der Waals surface area contributed by atoms with E-state index in [1.54, 1.807) is 13.8 Å². The standard InChI is InChI=1S/C10H12N4O2/c1-3-16-9(15)8-6-13-10(12-5-4-11)14-7(8)2/h6H,3,5H2,1-2H3,(H,12,13,14). The van der Waals surface area contributed by atoms with Gasteiger partial charge in [0.15, 0.2) is 0 Å². The Morgan fingerprint density at radius 3 is 3.00 bits per heavy atom. The normalized spacial score (nSPS) is 9.31. The highest BCUT2D eigenvalue weighted by atomic mass is 16.5. The molecule has 0 aliphatic heterocycles. The Hall–Kier alpha value is -2.16. The van der Waals surface area contributed by atoms with E-state index in [9.17, 15) is 4.79 Å². The van der Waals surface area contributed by atoms with E-state index in [1.807, 2.05) is 6.07 Å². The minimum absolute atomic E-state index is 0.123. The number of nitrogens with one attached hydrogen (secondary N) is 1. The molecule has 1 aromatic rings. The number of ether oxygens (including phenoxy) is 1. The number of nitriles is 1. The number of aromatic nitrogens is 2. The average Bonchev–Trinajstić information content (AvgIpc) is 2.26. The fourth-order valence-electron chi connectivity index (χ4n) is 1.08. The fourth-order valence-corrected chi connectivity index (χ4v) is 1.08. The number of aryl methyl sites for hydroxylation is 1. The zero-order chi connectivity index (χ0) is 12.0. The van der Waals surface area contributed by atoms with Crippen LogP contribution in [0.3, 0.4) is 0 Å². The Morgan fingerprint density at radius 2 is 2.44 bits per heavy atom. The first-order valence-corrected chi connectivity index (χ1v) is 4.80. The number of carbonyl (C=O) groups excluding carboxylic acids is 1. The Labute approximate surface area is 93.3 Å². The molecule has 1 heterocycles. The summed E-state index contributed by atoms with van der Waals surface area (Å²) in [6, 6.07) is 1.91. The van der Waals surface area contributed by atoms with Gasteiger partial charge in [-0.2, -0.15) is 5.26 Å². The molecule has 0 amide bonds. The third-order valence-corrected chi connectivity index (χ3v) is 1.80. The molecule has 0 bridgehead atoms. The molecule has 0 spiro atoms. The van der Waals surface area contributed by atoms with E-state index >= 15 is 0 Å². The van der Waals surface area contributed by atoms with E-state index in [2.05, 4.69) is 15.3 Å². The Morgan fingerprint density at radius 1 is 1.69 bits per heavy atom. The van der Waals surface area contributed by atoms with Crippen molar-refractivity contribution in [1.82, 2.24) is 9.97 Å². The lowest BCUT2D eigenvalue weighted by Gasteiger charge is -2.06. The van der Waals surface area contributed by atoms with E-state index in [0.29, 0.717) is 23.8 Å². The summed E-state index contributed by atoms with van der Waals surface area (Å²) in [7, 11) is 0. The molecule has 0 aromatic carbocycles. The zero-order valence-corrected chi connectivity index (χ0v) is 9.15. The third-order valence-electron chi connectivity index (χ3n) is 1.80. The minimum atomic E-state index is -0.438. The molecule has 1 rings (SSSR count). The van der Waals surface area contributed by atoms with Crippen LogP contribution in [0.25, 0.3) is 0 Å². The van der Waals surface area contributed by atoms with E-state index < -0.39 is 5.97 Å². The largest absolute Gasteiger partial charge is 0.462 e. The van der Waals surface area contributed by atoms with Gasteiger partial charge in [0, 0.05) is 6.20 Å². The lowest BCUT2D eigenvalue weighted by molar-refractivity contribution is 0.0524. The molecule has 0 aliphatic carbocycles. The van der Waals surface area contributed by atoms with Gasteiger partial charge in [-0.25, -0.2) is 14.8 Å². The average molecular weight is 220 g/mol. The number of esters is 1. The van der Waals surface area contributed by atoms with Crippen LogP contribution >= 0.6 is 0 Å². The highest BCUT2D eigenvalue weighted by Crippen LogP contribution is 2.08.